The molecule has 0 atom stereocenters. The van der Waals surface area contributed by atoms with Gasteiger partial charge in [0.1, 0.15) is 0 Å². The van der Waals surface area contributed by atoms with Crippen LogP contribution >= 0.6 is 0 Å². The number of hydrogen-bond acceptors (Lipinski definition) is 5. The van der Waals surface area contributed by atoms with Gasteiger partial charge in [-0.15, -0.1) is 6.58 Å². The Balaban J connectivity index is 1.69. The molecule has 0 spiro atoms. The lowest BCUT2D eigenvalue weighted by Gasteiger charge is -2.23. The van der Waals surface area contributed by atoms with Crippen molar-refractivity contribution < 1.29 is 22.7 Å². The van der Waals surface area contributed by atoms with E-state index in [1.807, 2.05) is 0 Å². The van der Waals surface area contributed by atoms with E-state index >= 15 is 0 Å². The molecule has 2 aromatic rings. The number of ether oxygens (including phenoxy) is 1. The van der Waals surface area contributed by atoms with Crippen molar-refractivity contribution in [2.45, 2.75) is 43.0 Å². The molecule has 0 saturated heterocycles. The summed E-state index contributed by atoms with van der Waals surface area (Å²) in [6.07, 6.45) is 6.70. The van der Waals surface area contributed by atoms with Crippen LogP contribution in [-0.4, -0.2) is 39.5 Å². The number of rotatable bonds is 9. The number of nitrogens with zero attached hydrogens (tertiary/aromatic N) is 1. The van der Waals surface area contributed by atoms with Gasteiger partial charge in [-0.2, -0.15) is 0 Å². The lowest BCUT2D eigenvalue weighted by Crippen LogP contribution is -2.38. The Labute approximate surface area is 189 Å². The fraction of sp³-hybridized carbons (Fsp3) is 0.333. The van der Waals surface area contributed by atoms with E-state index in [-0.39, 0.29) is 29.0 Å². The van der Waals surface area contributed by atoms with Crippen LogP contribution in [0.2, 0.25) is 0 Å². The highest BCUT2D eigenvalue weighted by Gasteiger charge is 2.25. The van der Waals surface area contributed by atoms with E-state index in [4.69, 9.17) is 4.74 Å². The maximum absolute atomic E-state index is 13.2. The molecule has 0 aliphatic heterocycles. The Bertz CT molecular complexity index is 1050. The van der Waals surface area contributed by atoms with Crippen LogP contribution in [0.5, 0.6) is 0 Å². The Morgan fingerprint density at radius 2 is 1.78 bits per heavy atom. The molecule has 1 amide bonds. The van der Waals surface area contributed by atoms with Gasteiger partial charge in [-0.3, -0.25) is 9.10 Å². The molecule has 1 saturated carbocycles. The molecule has 0 radical (unpaired) electrons. The molecule has 3 rings (SSSR count). The molecule has 170 valence electrons. The molecule has 0 heterocycles. The number of para-hydroxylation sites is 1. The van der Waals surface area contributed by atoms with Gasteiger partial charge in [-0.1, -0.05) is 49.6 Å². The molecule has 7 nitrogen and oxygen atoms in total. The summed E-state index contributed by atoms with van der Waals surface area (Å²) in [7, 11) is -3.95. The van der Waals surface area contributed by atoms with Gasteiger partial charge in [0.15, 0.2) is 6.61 Å². The molecule has 1 aliphatic carbocycles. The van der Waals surface area contributed by atoms with Crippen molar-refractivity contribution in [1.29, 1.82) is 0 Å². The second-order valence-electron chi connectivity index (χ2n) is 7.67. The molecule has 0 aromatic heterocycles. The highest BCUT2D eigenvalue weighted by molar-refractivity contribution is 7.92. The topological polar surface area (TPSA) is 92.8 Å². The standard InChI is InChI=1S/C24H28N2O5S/c1-2-16-26(21-13-7-4-8-14-21)32(29,30)22-15-9-10-19(17-22)24(28)31-18-23(27)25-20-11-5-3-6-12-20/h2,4,7-10,13-15,17,20H,1,3,5-6,11-12,16,18H2,(H,25,27). The second-order valence-corrected chi connectivity index (χ2v) is 9.53. The van der Waals surface area contributed by atoms with Gasteiger partial charge < -0.3 is 10.1 Å². The first kappa shape index (κ1) is 23.5. The van der Waals surface area contributed by atoms with Crippen molar-refractivity contribution in [2.75, 3.05) is 17.5 Å². The number of hydrogen-bond donors (Lipinski definition) is 1. The summed E-state index contributed by atoms with van der Waals surface area (Å²) in [5.74, 6) is -1.11. The van der Waals surface area contributed by atoms with Crippen LogP contribution in [0.25, 0.3) is 0 Å². The Morgan fingerprint density at radius 3 is 2.47 bits per heavy atom. The molecule has 1 fully saturated rings. The molecule has 0 unspecified atom stereocenters. The normalized spacial score (nSPS) is 14.4. The molecule has 0 bridgehead atoms. The second kappa shape index (κ2) is 10.9. The first-order valence-corrected chi connectivity index (χ1v) is 12.1. The Kier molecular flexibility index (Phi) is 8.05. The Hall–Kier alpha value is -3.13. The summed E-state index contributed by atoms with van der Waals surface area (Å²) in [6, 6.07) is 14.4. The third-order valence-corrected chi connectivity index (χ3v) is 7.09. The van der Waals surface area contributed by atoms with E-state index in [2.05, 4.69) is 11.9 Å². The highest BCUT2D eigenvalue weighted by atomic mass is 32.2. The summed E-state index contributed by atoms with van der Waals surface area (Å²) in [5, 5.41) is 2.88. The van der Waals surface area contributed by atoms with Gasteiger partial charge in [0.05, 0.1) is 22.7 Å². The third kappa shape index (κ3) is 5.97. The smallest absolute Gasteiger partial charge is 0.338 e. The summed E-state index contributed by atoms with van der Waals surface area (Å²) in [5.41, 5.74) is 0.544. The fourth-order valence-corrected chi connectivity index (χ4v) is 5.18. The molecule has 2 aromatic carbocycles. The van der Waals surface area contributed by atoms with Crippen molar-refractivity contribution in [1.82, 2.24) is 5.32 Å². The van der Waals surface area contributed by atoms with E-state index < -0.39 is 22.6 Å². The van der Waals surface area contributed by atoms with E-state index in [0.717, 1.165) is 25.7 Å². The number of anilines is 1. The summed E-state index contributed by atoms with van der Waals surface area (Å²) < 4.78 is 32.8. The summed E-state index contributed by atoms with van der Waals surface area (Å²) in [4.78, 5) is 24.5. The lowest BCUT2D eigenvalue weighted by atomic mass is 9.95. The zero-order chi connectivity index (χ0) is 23.0. The van der Waals surface area contributed by atoms with E-state index in [0.29, 0.717) is 5.69 Å². The predicted molar refractivity (Wildman–Crippen MR) is 123 cm³/mol. The van der Waals surface area contributed by atoms with Gasteiger partial charge in [-0.25, -0.2) is 13.2 Å². The number of carbonyl (C=O) groups is 2. The van der Waals surface area contributed by atoms with Crippen LogP contribution < -0.4 is 9.62 Å². The minimum absolute atomic E-state index is 0.0516. The van der Waals surface area contributed by atoms with Gasteiger partial charge >= 0.3 is 5.97 Å². The molecule has 1 aliphatic rings. The third-order valence-electron chi connectivity index (χ3n) is 5.30. The van der Waals surface area contributed by atoms with Crippen molar-refractivity contribution >= 4 is 27.6 Å². The largest absolute Gasteiger partial charge is 0.452 e. The van der Waals surface area contributed by atoms with Gasteiger partial charge in [0.2, 0.25) is 0 Å². The monoisotopic (exact) mass is 456 g/mol. The van der Waals surface area contributed by atoms with E-state index in [1.54, 1.807) is 30.3 Å². The van der Waals surface area contributed by atoms with Crippen LogP contribution in [0.15, 0.2) is 72.1 Å². The predicted octanol–water partition coefficient (Wildman–Crippen LogP) is 3.67. The maximum Gasteiger partial charge on any atom is 0.338 e. The first-order chi connectivity index (χ1) is 15.4. The fourth-order valence-electron chi connectivity index (χ4n) is 3.70. The summed E-state index contributed by atoms with van der Waals surface area (Å²) >= 11 is 0. The van der Waals surface area contributed by atoms with Crippen LogP contribution in [0.3, 0.4) is 0 Å². The van der Waals surface area contributed by atoms with Gasteiger partial charge in [-0.05, 0) is 43.2 Å². The average Bonchev–Trinajstić information content (AvgIpc) is 2.82. The van der Waals surface area contributed by atoms with Gasteiger partial charge in [0.25, 0.3) is 15.9 Å². The zero-order valence-electron chi connectivity index (χ0n) is 17.9. The first-order valence-electron chi connectivity index (χ1n) is 10.7. The quantitative estimate of drug-likeness (QED) is 0.459. The van der Waals surface area contributed by atoms with Crippen molar-refractivity contribution in [3.63, 3.8) is 0 Å². The highest BCUT2D eigenvalue weighted by Crippen LogP contribution is 2.24. The Morgan fingerprint density at radius 1 is 1.06 bits per heavy atom. The maximum atomic E-state index is 13.2. The number of nitrogens with one attached hydrogen (secondary N) is 1. The summed E-state index contributed by atoms with van der Waals surface area (Å²) in [6.45, 7) is 3.31. The molecule has 1 N–H and O–H groups in total. The lowest BCUT2D eigenvalue weighted by molar-refractivity contribution is -0.125. The van der Waals surface area contributed by atoms with E-state index in [1.165, 1.54) is 41.1 Å². The van der Waals surface area contributed by atoms with Crippen molar-refractivity contribution in [2.24, 2.45) is 0 Å². The van der Waals surface area contributed by atoms with Crippen molar-refractivity contribution in [3.8, 4) is 0 Å². The molecule has 8 heteroatoms. The number of amides is 1. The zero-order valence-corrected chi connectivity index (χ0v) is 18.7. The van der Waals surface area contributed by atoms with E-state index in [9.17, 15) is 18.0 Å². The molecular formula is C24H28N2O5S. The SMILES string of the molecule is C=CCN(c1ccccc1)S(=O)(=O)c1cccc(C(=O)OCC(=O)NC2CCCCC2)c1. The molecule has 32 heavy (non-hydrogen) atoms. The average molecular weight is 457 g/mol. The number of carbonyl (C=O) groups excluding carboxylic acids is 2. The number of benzene rings is 2. The van der Waals surface area contributed by atoms with Gasteiger partial charge in [0, 0.05) is 6.04 Å². The van der Waals surface area contributed by atoms with Crippen LogP contribution in [0.4, 0.5) is 5.69 Å². The number of esters is 1. The minimum Gasteiger partial charge on any atom is -0.452 e. The molecular weight excluding hydrogens is 428 g/mol. The van der Waals surface area contributed by atoms with Crippen LogP contribution in [-0.2, 0) is 19.6 Å². The van der Waals surface area contributed by atoms with Crippen LogP contribution in [0, 0.1) is 0 Å². The van der Waals surface area contributed by atoms with Crippen LogP contribution in [0.1, 0.15) is 42.5 Å². The van der Waals surface area contributed by atoms with Crippen molar-refractivity contribution in [3.05, 3.63) is 72.8 Å². The minimum atomic E-state index is -3.95. The number of sulfonamides is 1.